The number of hydrogen-bond acceptors (Lipinski definition) is 4. The van der Waals surface area contributed by atoms with Crippen molar-refractivity contribution < 1.29 is 18.0 Å². The fourth-order valence-electron chi connectivity index (χ4n) is 5.16. The second kappa shape index (κ2) is 16.9. The van der Waals surface area contributed by atoms with E-state index in [9.17, 15) is 18.0 Å². The molecule has 8 heteroatoms. The Kier molecular flexibility index (Phi) is 14.4. The SMILES string of the molecule is CCCCCCCCC(=O)N1CCC(N(Cc2ccccc2)C(=O)CN(CC(C)C)S(=O)(=O)CCC)CC1. The van der Waals surface area contributed by atoms with Gasteiger partial charge < -0.3 is 9.80 Å². The van der Waals surface area contributed by atoms with E-state index in [4.69, 9.17) is 0 Å². The summed E-state index contributed by atoms with van der Waals surface area (Å²) in [6.45, 7) is 9.91. The van der Waals surface area contributed by atoms with Crippen molar-refractivity contribution >= 4 is 21.8 Å². The molecule has 7 nitrogen and oxygen atoms in total. The molecule has 2 rings (SSSR count). The lowest BCUT2D eigenvalue weighted by Crippen LogP contribution is -2.51. The molecule has 2 amide bonds. The van der Waals surface area contributed by atoms with Crippen LogP contribution in [0.3, 0.4) is 0 Å². The van der Waals surface area contributed by atoms with E-state index in [0.29, 0.717) is 51.9 Å². The predicted molar refractivity (Wildman–Crippen MR) is 155 cm³/mol. The Balaban J connectivity index is 2.05. The average Bonchev–Trinajstić information content (AvgIpc) is 2.89. The van der Waals surface area contributed by atoms with Crippen LogP contribution in [-0.4, -0.2) is 72.3 Å². The minimum atomic E-state index is -3.50. The van der Waals surface area contributed by atoms with Crippen molar-refractivity contribution in [1.29, 1.82) is 0 Å². The fourth-order valence-corrected chi connectivity index (χ4v) is 6.76. The molecular weight excluding hydrogens is 498 g/mol. The number of unbranched alkanes of at least 4 members (excludes halogenated alkanes) is 5. The molecule has 0 aromatic heterocycles. The molecule has 1 aliphatic heterocycles. The van der Waals surface area contributed by atoms with Crippen LogP contribution in [0.1, 0.15) is 97.5 Å². The molecule has 0 aliphatic carbocycles. The number of hydrogen-bond donors (Lipinski definition) is 0. The first-order chi connectivity index (χ1) is 18.2. The Morgan fingerprint density at radius 3 is 2.18 bits per heavy atom. The highest BCUT2D eigenvalue weighted by atomic mass is 32.2. The van der Waals surface area contributed by atoms with Crippen LogP contribution in [-0.2, 0) is 26.2 Å². The number of benzene rings is 1. The minimum absolute atomic E-state index is 0.0180. The van der Waals surface area contributed by atoms with Gasteiger partial charge in [-0.05, 0) is 37.2 Å². The molecule has 0 unspecified atom stereocenters. The van der Waals surface area contributed by atoms with Gasteiger partial charge in [0.25, 0.3) is 0 Å². The van der Waals surface area contributed by atoms with E-state index in [2.05, 4.69) is 6.92 Å². The molecule has 1 aliphatic rings. The monoisotopic (exact) mass is 549 g/mol. The number of likely N-dealkylation sites (tertiary alicyclic amines) is 1. The maximum absolute atomic E-state index is 13.7. The lowest BCUT2D eigenvalue weighted by atomic mass is 10.0. The van der Waals surface area contributed by atoms with Crippen LogP contribution < -0.4 is 0 Å². The van der Waals surface area contributed by atoms with Gasteiger partial charge in [0.05, 0.1) is 12.3 Å². The van der Waals surface area contributed by atoms with E-state index in [-0.39, 0.29) is 36.1 Å². The average molecular weight is 550 g/mol. The topological polar surface area (TPSA) is 78.0 Å². The fraction of sp³-hybridized carbons (Fsp3) is 0.733. The number of carbonyl (C=O) groups excluding carboxylic acids is 2. The second-order valence-electron chi connectivity index (χ2n) is 11.1. The summed E-state index contributed by atoms with van der Waals surface area (Å²) in [5.74, 6) is 0.225. The van der Waals surface area contributed by atoms with Gasteiger partial charge in [-0.1, -0.05) is 90.1 Å². The van der Waals surface area contributed by atoms with Crippen molar-refractivity contribution in [2.75, 3.05) is 31.9 Å². The molecule has 0 N–H and O–H groups in total. The zero-order valence-electron chi connectivity index (χ0n) is 24.2. The number of sulfonamides is 1. The highest BCUT2D eigenvalue weighted by molar-refractivity contribution is 7.89. The Morgan fingerprint density at radius 1 is 0.947 bits per heavy atom. The highest BCUT2D eigenvalue weighted by Gasteiger charge is 2.32. The molecule has 0 radical (unpaired) electrons. The van der Waals surface area contributed by atoms with Gasteiger partial charge in [-0.2, -0.15) is 4.31 Å². The van der Waals surface area contributed by atoms with E-state index in [0.717, 1.165) is 18.4 Å². The number of nitrogens with zero attached hydrogens (tertiary/aromatic N) is 3. The normalized spacial score (nSPS) is 14.8. The second-order valence-corrected chi connectivity index (χ2v) is 13.2. The van der Waals surface area contributed by atoms with Crippen molar-refractivity contribution in [2.24, 2.45) is 5.92 Å². The summed E-state index contributed by atoms with van der Waals surface area (Å²) >= 11 is 0. The van der Waals surface area contributed by atoms with Crippen molar-refractivity contribution in [3.05, 3.63) is 35.9 Å². The van der Waals surface area contributed by atoms with Gasteiger partial charge in [-0.3, -0.25) is 9.59 Å². The minimum Gasteiger partial charge on any atom is -0.343 e. The van der Waals surface area contributed by atoms with Crippen LogP contribution in [0, 0.1) is 5.92 Å². The van der Waals surface area contributed by atoms with Crippen molar-refractivity contribution in [2.45, 2.75) is 104 Å². The van der Waals surface area contributed by atoms with Crippen LogP contribution in [0.15, 0.2) is 30.3 Å². The molecule has 1 fully saturated rings. The zero-order chi connectivity index (χ0) is 28.0. The standard InChI is InChI=1S/C30H51N3O4S/c1-5-7-8-9-10-14-17-29(34)31-20-18-28(19-21-31)33(24-27-15-12-11-13-16-27)30(35)25-32(23-26(3)4)38(36,37)22-6-2/h11-13,15-16,26,28H,5-10,14,17-25H2,1-4H3. The van der Waals surface area contributed by atoms with Crippen molar-refractivity contribution in [3.63, 3.8) is 0 Å². The van der Waals surface area contributed by atoms with Crippen molar-refractivity contribution in [3.8, 4) is 0 Å². The number of rotatable bonds is 17. The number of piperidine rings is 1. The first-order valence-corrected chi connectivity index (χ1v) is 16.4. The first kappa shape index (κ1) is 32.3. The third-order valence-corrected chi connectivity index (χ3v) is 9.24. The molecule has 1 heterocycles. The van der Waals surface area contributed by atoms with Gasteiger partial charge in [-0.25, -0.2) is 8.42 Å². The summed E-state index contributed by atoms with van der Waals surface area (Å²) in [5.41, 5.74) is 1.02. The summed E-state index contributed by atoms with van der Waals surface area (Å²) in [4.78, 5) is 30.3. The maximum Gasteiger partial charge on any atom is 0.238 e. The number of carbonyl (C=O) groups is 2. The summed E-state index contributed by atoms with van der Waals surface area (Å²) in [7, 11) is -3.50. The summed E-state index contributed by atoms with van der Waals surface area (Å²) in [6, 6.07) is 9.84. The number of amides is 2. The van der Waals surface area contributed by atoms with Gasteiger partial charge in [-0.15, -0.1) is 0 Å². The van der Waals surface area contributed by atoms with Crippen LogP contribution in [0.25, 0.3) is 0 Å². The van der Waals surface area contributed by atoms with E-state index >= 15 is 0 Å². The van der Waals surface area contributed by atoms with Crippen LogP contribution in [0.2, 0.25) is 0 Å². The lowest BCUT2D eigenvalue weighted by molar-refractivity contribution is -0.137. The summed E-state index contributed by atoms with van der Waals surface area (Å²) in [6.07, 6.45) is 9.53. The molecule has 1 aromatic rings. The molecule has 0 atom stereocenters. The van der Waals surface area contributed by atoms with Crippen molar-refractivity contribution in [1.82, 2.24) is 14.1 Å². The molecule has 0 saturated carbocycles. The highest BCUT2D eigenvalue weighted by Crippen LogP contribution is 2.22. The quantitative estimate of drug-likeness (QED) is 0.242. The molecule has 0 bridgehead atoms. The van der Waals surface area contributed by atoms with Gasteiger partial charge in [0, 0.05) is 38.6 Å². The molecular formula is C30H51N3O4S. The Morgan fingerprint density at radius 2 is 1.58 bits per heavy atom. The Labute approximate surface area is 232 Å². The van der Waals surface area contributed by atoms with Crippen LogP contribution >= 0.6 is 0 Å². The summed E-state index contributed by atoms with van der Waals surface area (Å²) in [5, 5.41) is 0. The Bertz CT molecular complexity index is 928. The molecule has 1 saturated heterocycles. The molecule has 216 valence electrons. The van der Waals surface area contributed by atoms with Crippen LogP contribution in [0.5, 0.6) is 0 Å². The van der Waals surface area contributed by atoms with Gasteiger partial charge in [0.2, 0.25) is 21.8 Å². The zero-order valence-corrected chi connectivity index (χ0v) is 25.1. The third kappa shape index (κ3) is 11.0. The van der Waals surface area contributed by atoms with Gasteiger partial charge in [0.15, 0.2) is 0 Å². The molecule has 1 aromatic carbocycles. The lowest BCUT2D eigenvalue weighted by Gasteiger charge is -2.39. The van der Waals surface area contributed by atoms with E-state index < -0.39 is 10.0 Å². The Hall–Kier alpha value is -1.93. The molecule has 38 heavy (non-hydrogen) atoms. The molecule has 0 spiro atoms. The smallest absolute Gasteiger partial charge is 0.238 e. The van der Waals surface area contributed by atoms with E-state index in [1.807, 2.05) is 60.9 Å². The van der Waals surface area contributed by atoms with Gasteiger partial charge >= 0.3 is 0 Å². The van der Waals surface area contributed by atoms with E-state index in [1.54, 1.807) is 0 Å². The van der Waals surface area contributed by atoms with E-state index in [1.165, 1.54) is 30.0 Å². The maximum atomic E-state index is 13.7. The largest absolute Gasteiger partial charge is 0.343 e. The summed E-state index contributed by atoms with van der Waals surface area (Å²) < 4.78 is 27.3. The van der Waals surface area contributed by atoms with Gasteiger partial charge in [0.1, 0.15) is 0 Å². The predicted octanol–water partition coefficient (Wildman–Crippen LogP) is 5.45. The van der Waals surface area contributed by atoms with Crippen LogP contribution in [0.4, 0.5) is 0 Å². The third-order valence-electron chi connectivity index (χ3n) is 7.25. The first-order valence-electron chi connectivity index (χ1n) is 14.8.